The zero-order valence-electron chi connectivity index (χ0n) is 14.5. The molecular weight excluding hydrogens is 348 g/mol. The van der Waals surface area contributed by atoms with E-state index in [0.29, 0.717) is 5.69 Å². The van der Waals surface area contributed by atoms with Crippen molar-refractivity contribution in [2.24, 2.45) is 0 Å². The molecule has 134 valence electrons. The number of piperidine rings is 1. The van der Waals surface area contributed by atoms with E-state index in [1.54, 1.807) is 29.9 Å². The molecule has 0 bridgehead atoms. The third kappa shape index (κ3) is 3.60. The highest BCUT2D eigenvalue weighted by molar-refractivity contribution is 7.15. The molecule has 1 saturated heterocycles. The van der Waals surface area contributed by atoms with Crippen LogP contribution >= 0.6 is 11.3 Å². The van der Waals surface area contributed by atoms with Crippen molar-refractivity contribution in [3.63, 3.8) is 0 Å². The first kappa shape index (κ1) is 16.7. The van der Waals surface area contributed by atoms with Crippen LogP contribution < -0.4 is 10.2 Å². The van der Waals surface area contributed by atoms with E-state index in [4.69, 9.17) is 0 Å². The number of carbonyl (C=O) groups excluding carboxylic acids is 1. The number of amides is 1. The van der Waals surface area contributed by atoms with Crippen LogP contribution in [0.5, 0.6) is 0 Å². The Labute approximate surface area is 155 Å². The Bertz CT molecular complexity index is 882. The Morgan fingerprint density at radius 2 is 2.15 bits per heavy atom. The predicted octanol–water partition coefficient (Wildman–Crippen LogP) is 2.64. The smallest absolute Gasteiger partial charge is 0.272 e. The number of rotatable bonds is 4. The van der Waals surface area contributed by atoms with Crippen molar-refractivity contribution in [2.75, 3.05) is 18.0 Å². The first-order valence-electron chi connectivity index (χ1n) is 8.63. The molecule has 0 aromatic carbocycles. The second-order valence-corrected chi connectivity index (χ2v) is 7.66. The van der Waals surface area contributed by atoms with E-state index in [1.807, 2.05) is 12.1 Å². The van der Waals surface area contributed by atoms with Gasteiger partial charge in [0.05, 0.1) is 16.8 Å². The van der Waals surface area contributed by atoms with Crippen molar-refractivity contribution in [3.05, 3.63) is 47.4 Å². The van der Waals surface area contributed by atoms with Crippen molar-refractivity contribution < 1.29 is 4.79 Å². The monoisotopic (exact) mass is 368 g/mol. The lowest BCUT2D eigenvalue weighted by Crippen LogP contribution is -2.45. The quantitative estimate of drug-likeness (QED) is 0.739. The molecule has 0 unspecified atom stereocenters. The second kappa shape index (κ2) is 7.25. The molecule has 1 aliphatic rings. The third-order valence-electron chi connectivity index (χ3n) is 4.52. The summed E-state index contributed by atoms with van der Waals surface area (Å²) in [5, 5.41) is 10.2. The molecule has 7 nitrogen and oxygen atoms in total. The molecule has 1 fully saturated rings. The molecule has 1 amide bonds. The van der Waals surface area contributed by atoms with Crippen LogP contribution in [0.2, 0.25) is 0 Å². The Morgan fingerprint density at radius 1 is 1.31 bits per heavy atom. The Kier molecular flexibility index (Phi) is 4.66. The largest absolute Gasteiger partial charge is 0.355 e. The molecule has 4 heterocycles. The highest BCUT2D eigenvalue weighted by Crippen LogP contribution is 2.26. The molecule has 0 spiro atoms. The normalized spacial score (nSPS) is 15.2. The summed E-state index contributed by atoms with van der Waals surface area (Å²) in [4.78, 5) is 25.4. The highest BCUT2D eigenvalue weighted by Gasteiger charge is 2.23. The van der Waals surface area contributed by atoms with Gasteiger partial charge in [0.1, 0.15) is 5.82 Å². The van der Waals surface area contributed by atoms with Crippen LogP contribution in [-0.2, 0) is 0 Å². The van der Waals surface area contributed by atoms with Gasteiger partial charge >= 0.3 is 0 Å². The lowest BCUT2D eigenvalue weighted by molar-refractivity contribution is 0.0926. The van der Waals surface area contributed by atoms with Gasteiger partial charge < -0.3 is 10.2 Å². The number of aryl methyl sites for hydroxylation is 1. The summed E-state index contributed by atoms with van der Waals surface area (Å²) < 4.78 is 0. The minimum absolute atomic E-state index is 0.126. The molecule has 3 aromatic rings. The maximum atomic E-state index is 12.5. The van der Waals surface area contributed by atoms with Gasteiger partial charge in [-0.1, -0.05) is 0 Å². The molecule has 0 saturated carbocycles. The van der Waals surface area contributed by atoms with Gasteiger partial charge in [0, 0.05) is 36.4 Å². The number of nitrogens with zero attached hydrogens (tertiary/aromatic N) is 4. The number of nitrogens with one attached hydrogen (secondary N) is 2. The number of hydrogen-bond acceptors (Lipinski definition) is 6. The van der Waals surface area contributed by atoms with Gasteiger partial charge in [-0.15, -0.1) is 11.3 Å². The summed E-state index contributed by atoms with van der Waals surface area (Å²) in [5.41, 5.74) is 1.31. The van der Waals surface area contributed by atoms with Crippen LogP contribution in [0.1, 0.15) is 28.2 Å². The lowest BCUT2D eigenvalue weighted by Gasteiger charge is -2.32. The molecule has 0 atom stereocenters. The first-order chi connectivity index (χ1) is 12.7. The standard InChI is InChI=1S/C18H20N6OS/c1-12-2-3-16(26-12)14-10-15(23-22-14)18(25)21-13-4-8-24(9-5-13)17-11-19-6-7-20-17/h2-3,6-7,10-11,13H,4-5,8-9H2,1H3,(H,21,25)(H,22,23). The molecule has 1 aliphatic heterocycles. The minimum Gasteiger partial charge on any atom is -0.355 e. The van der Waals surface area contributed by atoms with Crippen molar-refractivity contribution in [2.45, 2.75) is 25.8 Å². The van der Waals surface area contributed by atoms with Crippen molar-refractivity contribution in [3.8, 4) is 10.6 Å². The van der Waals surface area contributed by atoms with E-state index in [0.717, 1.165) is 42.3 Å². The van der Waals surface area contributed by atoms with Gasteiger partial charge in [-0.05, 0) is 38.0 Å². The molecular formula is C18H20N6OS. The average Bonchev–Trinajstić information content (AvgIpc) is 3.32. The fourth-order valence-electron chi connectivity index (χ4n) is 3.11. The summed E-state index contributed by atoms with van der Waals surface area (Å²) in [6.45, 7) is 3.76. The minimum atomic E-state index is -0.126. The van der Waals surface area contributed by atoms with Gasteiger partial charge in [0.2, 0.25) is 0 Å². The van der Waals surface area contributed by atoms with E-state index >= 15 is 0 Å². The van der Waals surface area contributed by atoms with Gasteiger partial charge in [-0.25, -0.2) is 4.98 Å². The van der Waals surface area contributed by atoms with Crippen LogP contribution in [0.15, 0.2) is 36.8 Å². The highest BCUT2D eigenvalue weighted by atomic mass is 32.1. The number of aromatic amines is 1. The lowest BCUT2D eigenvalue weighted by atomic mass is 10.0. The molecule has 26 heavy (non-hydrogen) atoms. The topological polar surface area (TPSA) is 86.8 Å². The van der Waals surface area contributed by atoms with Gasteiger partial charge in [-0.2, -0.15) is 5.10 Å². The summed E-state index contributed by atoms with van der Waals surface area (Å²) in [5.74, 6) is 0.763. The summed E-state index contributed by atoms with van der Waals surface area (Å²) in [6, 6.07) is 6.07. The van der Waals surface area contributed by atoms with Crippen LogP contribution in [0.25, 0.3) is 10.6 Å². The molecule has 0 radical (unpaired) electrons. The fraction of sp³-hybridized carbons (Fsp3) is 0.333. The Hall–Kier alpha value is -2.74. The summed E-state index contributed by atoms with van der Waals surface area (Å²) in [7, 11) is 0. The second-order valence-electron chi connectivity index (χ2n) is 6.38. The van der Waals surface area contributed by atoms with Crippen LogP contribution in [0, 0.1) is 6.92 Å². The van der Waals surface area contributed by atoms with E-state index in [2.05, 4.69) is 43.4 Å². The van der Waals surface area contributed by atoms with E-state index in [-0.39, 0.29) is 11.9 Å². The van der Waals surface area contributed by atoms with Crippen molar-refractivity contribution in [1.82, 2.24) is 25.5 Å². The SMILES string of the molecule is Cc1ccc(-c2cc(C(=O)NC3CCN(c4cnccn4)CC3)n[nH]2)s1. The fourth-order valence-corrected chi connectivity index (χ4v) is 3.94. The number of aromatic nitrogens is 4. The number of H-pyrrole nitrogens is 1. The summed E-state index contributed by atoms with van der Waals surface area (Å²) >= 11 is 1.68. The number of hydrogen-bond donors (Lipinski definition) is 2. The van der Waals surface area contributed by atoms with Gasteiger partial charge in [0.25, 0.3) is 5.91 Å². The zero-order valence-corrected chi connectivity index (χ0v) is 15.3. The molecule has 0 aliphatic carbocycles. The van der Waals surface area contributed by atoms with Crippen molar-refractivity contribution in [1.29, 1.82) is 0 Å². The van der Waals surface area contributed by atoms with Crippen LogP contribution in [0.4, 0.5) is 5.82 Å². The number of carbonyl (C=O) groups is 1. The maximum Gasteiger partial charge on any atom is 0.272 e. The van der Waals surface area contributed by atoms with Gasteiger partial charge in [-0.3, -0.25) is 14.9 Å². The molecule has 3 aromatic heterocycles. The third-order valence-corrected chi connectivity index (χ3v) is 5.55. The van der Waals surface area contributed by atoms with Crippen LogP contribution in [-0.4, -0.2) is 45.2 Å². The van der Waals surface area contributed by atoms with Crippen LogP contribution in [0.3, 0.4) is 0 Å². The van der Waals surface area contributed by atoms with Gasteiger partial charge in [0.15, 0.2) is 5.69 Å². The van der Waals surface area contributed by atoms with E-state index in [9.17, 15) is 4.79 Å². The van der Waals surface area contributed by atoms with E-state index < -0.39 is 0 Å². The number of thiophene rings is 1. The maximum absolute atomic E-state index is 12.5. The summed E-state index contributed by atoms with van der Waals surface area (Å²) in [6.07, 6.45) is 6.91. The Morgan fingerprint density at radius 3 is 2.85 bits per heavy atom. The average molecular weight is 368 g/mol. The zero-order chi connectivity index (χ0) is 17.9. The Balaban J connectivity index is 1.34. The molecule has 2 N–H and O–H groups in total. The first-order valence-corrected chi connectivity index (χ1v) is 9.45. The van der Waals surface area contributed by atoms with E-state index in [1.165, 1.54) is 4.88 Å². The molecule has 4 rings (SSSR count). The molecule has 8 heteroatoms. The van der Waals surface area contributed by atoms with Crippen molar-refractivity contribution >= 4 is 23.1 Å². The number of anilines is 1. The predicted molar refractivity (Wildman–Crippen MR) is 101 cm³/mol.